The molecule has 0 saturated heterocycles. The highest BCUT2D eigenvalue weighted by molar-refractivity contribution is 7.89. The Morgan fingerprint density at radius 1 is 1.35 bits per heavy atom. The Morgan fingerprint density at radius 2 is 2.00 bits per heavy atom. The molecule has 5 nitrogen and oxygen atoms in total. The number of hydrogen-bond donors (Lipinski definition) is 2. The van der Waals surface area contributed by atoms with Crippen molar-refractivity contribution < 1.29 is 17.5 Å². The maximum atomic E-state index is 14.1. The number of ether oxygens (including phenoxy) is 1. The Hall–Kier alpha value is -0.890. The lowest BCUT2D eigenvalue weighted by Gasteiger charge is -2.31. The van der Waals surface area contributed by atoms with Gasteiger partial charge in [0.1, 0.15) is 0 Å². The number of nitrogens with one attached hydrogen (secondary N) is 1. The lowest BCUT2D eigenvalue weighted by Crippen LogP contribution is -2.44. The van der Waals surface area contributed by atoms with Crippen molar-refractivity contribution in [3.8, 4) is 5.75 Å². The first-order valence-corrected chi connectivity index (χ1v) is 8.94. The summed E-state index contributed by atoms with van der Waals surface area (Å²) >= 11 is 0. The first kappa shape index (κ1) is 20.2. The third kappa shape index (κ3) is 4.35. The zero-order valence-electron chi connectivity index (χ0n) is 13.3. The number of halogens is 2. The van der Waals surface area contributed by atoms with E-state index in [1.165, 1.54) is 26.2 Å². The summed E-state index contributed by atoms with van der Waals surface area (Å²) in [6, 6.07) is 2.52. The van der Waals surface area contributed by atoms with E-state index < -0.39 is 15.8 Å². The van der Waals surface area contributed by atoms with Crippen molar-refractivity contribution in [3.63, 3.8) is 0 Å². The molecular formula is C15H24ClFN2O3S. The molecule has 0 radical (unpaired) electrons. The third-order valence-electron chi connectivity index (χ3n) is 4.33. The summed E-state index contributed by atoms with van der Waals surface area (Å²) in [4.78, 5) is -0.0489. The van der Waals surface area contributed by atoms with Gasteiger partial charge >= 0.3 is 0 Å². The lowest BCUT2D eigenvalue weighted by atomic mass is 9.85. The number of sulfonamides is 1. The summed E-state index contributed by atoms with van der Waals surface area (Å²) in [7, 11) is -2.44. The molecule has 2 atom stereocenters. The molecule has 8 heteroatoms. The zero-order valence-corrected chi connectivity index (χ0v) is 15.0. The molecule has 2 rings (SSSR count). The van der Waals surface area contributed by atoms with Crippen molar-refractivity contribution in [1.82, 2.24) is 4.72 Å². The van der Waals surface area contributed by atoms with Crippen molar-refractivity contribution in [2.45, 2.75) is 43.5 Å². The van der Waals surface area contributed by atoms with Gasteiger partial charge in [-0.3, -0.25) is 0 Å². The van der Waals surface area contributed by atoms with Crippen molar-refractivity contribution in [2.24, 2.45) is 11.7 Å². The minimum absolute atomic E-state index is 0. The van der Waals surface area contributed by atoms with Crippen LogP contribution in [0.1, 0.15) is 31.2 Å². The Morgan fingerprint density at radius 3 is 2.61 bits per heavy atom. The first-order valence-electron chi connectivity index (χ1n) is 7.46. The molecule has 0 aromatic heterocycles. The van der Waals surface area contributed by atoms with Crippen LogP contribution in [0.2, 0.25) is 0 Å². The minimum Gasteiger partial charge on any atom is -0.494 e. The largest absolute Gasteiger partial charge is 0.494 e. The Balaban J connectivity index is 0.00000264. The van der Waals surface area contributed by atoms with E-state index in [1.54, 1.807) is 0 Å². The summed E-state index contributed by atoms with van der Waals surface area (Å²) in [6.07, 6.45) is 3.72. The van der Waals surface area contributed by atoms with Crippen LogP contribution in [0.3, 0.4) is 0 Å². The second-order valence-electron chi connectivity index (χ2n) is 5.71. The van der Waals surface area contributed by atoms with Crippen molar-refractivity contribution >= 4 is 22.4 Å². The molecule has 0 amide bonds. The molecule has 1 aromatic carbocycles. The van der Waals surface area contributed by atoms with E-state index in [0.29, 0.717) is 6.54 Å². The van der Waals surface area contributed by atoms with Crippen molar-refractivity contribution in [2.75, 3.05) is 13.7 Å². The maximum absolute atomic E-state index is 14.1. The predicted octanol–water partition coefficient (Wildman–Crippen LogP) is 2.36. The third-order valence-corrected chi connectivity index (χ3v) is 5.96. The van der Waals surface area contributed by atoms with Gasteiger partial charge in [0.05, 0.1) is 12.0 Å². The number of benzene rings is 1. The van der Waals surface area contributed by atoms with E-state index in [0.717, 1.165) is 25.7 Å². The molecule has 2 unspecified atom stereocenters. The zero-order chi connectivity index (χ0) is 16.3. The summed E-state index contributed by atoms with van der Waals surface area (Å²) < 4.78 is 46.8. The number of nitrogens with two attached hydrogens (primary N) is 1. The van der Waals surface area contributed by atoms with Gasteiger partial charge in [-0.15, -0.1) is 12.4 Å². The van der Waals surface area contributed by atoms with Gasteiger partial charge in [-0.2, -0.15) is 0 Å². The van der Waals surface area contributed by atoms with Gasteiger partial charge in [0, 0.05) is 11.6 Å². The second-order valence-corrected chi connectivity index (χ2v) is 7.40. The van der Waals surface area contributed by atoms with Crippen LogP contribution in [0.4, 0.5) is 4.39 Å². The van der Waals surface area contributed by atoms with E-state index in [2.05, 4.69) is 4.72 Å². The molecule has 3 N–H and O–H groups in total. The van der Waals surface area contributed by atoms with Crippen LogP contribution in [0.5, 0.6) is 5.75 Å². The highest BCUT2D eigenvalue weighted by Gasteiger charge is 2.30. The van der Waals surface area contributed by atoms with E-state index in [9.17, 15) is 12.8 Å². The Kier molecular flexibility index (Phi) is 7.26. The van der Waals surface area contributed by atoms with Gasteiger partial charge in [0.25, 0.3) is 0 Å². The second kappa shape index (κ2) is 8.28. The van der Waals surface area contributed by atoms with E-state index in [-0.39, 0.29) is 40.6 Å². The highest BCUT2D eigenvalue weighted by atomic mass is 35.5. The quantitative estimate of drug-likeness (QED) is 0.838. The topological polar surface area (TPSA) is 81.4 Å². The van der Waals surface area contributed by atoms with Crippen molar-refractivity contribution in [1.29, 1.82) is 0 Å². The normalized spacial score (nSPS) is 21.6. The molecule has 1 aromatic rings. The average Bonchev–Trinajstić information content (AvgIpc) is 2.50. The van der Waals surface area contributed by atoms with Crippen LogP contribution in [0, 0.1) is 18.7 Å². The molecule has 0 spiro atoms. The van der Waals surface area contributed by atoms with E-state index in [1.807, 2.05) is 0 Å². The fourth-order valence-electron chi connectivity index (χ4n) is 3.00. The SMILES string of the molecule is COc1ccc(S(=O)(=O)NC2CCCCC2CN)c(C)c1F.Cl. The van der Waals surface area contributed by atoms with E-state index >= 15 is 0 Å². The summed E-state index contributed by atoms with van der Waals surface area (Å²) in [5, 5.41) is 0. The fourth-order valence-corrected chi connectivity index (χ4v) is 4.57. The molecular weight excluding hydrogens is 343 g/mol. The van der Waals surface area contributed by atoms with Crippen LogP contribution in [-0.4, -0.2) is 28.1 Å². The molecule has 1 fully saturated rings. The molecule has 1 aliphatic carbocycles. The fraction of sp³-hybridized carbons (Fsp3) is 0.600. The minimum atomic E-state index is -3.78. The number of methoxy groups -OCH3 is 1. The monoisotopic (exact) mass is 366 g/mol. The smallest absolute Gasteiger partial charge is 0.241 e. The lowest BCUT2D eigenvalue weighted by molar-refractivity contribution is 0.296. The molecule has 132 valence electrons. The van der Waals surface area contributed by atoms with Crippen LogP contribution in [0.15, 0.2) is 17.0 Å². The summed E-state index contributed by atoms with van der Waals surface area (Å²) in [6.45, 7) is 1.89. The molecule has 1 aliphatic rings. The Bertz CT molecular complexity index is 640. The summed E-state index contributed by atoms with van der Waals surface area (Å²) in [5.74, 6) is -0.481. The summed E-state index contributed by atoms with van der Waals surface area (Å²) in [5.41, 5.74) is 5.79. The standard InChI is InChI=1S/C15H23FN2O3S.ClH/c1-10-14(8-7-13(21-2)15(10)16)22(19,20)18-12-6-4-3-5-11(12)9-17;/h7-8,11-12,18H,3-6,9,17H2,1-2H3;1H. The number of hydrogen-bond acceptors (Lipinski definition) is 4. The van der Waals surface area contributed by atoms with Gasteiger partial charge < -0.3 is 10.5 Å². The predicted molar refractivity (Wildman–Crippen MR) is 90.1 cm³/mol. The molecule has 1 saturated carbocycles. The molecule has 0 aliphatic heterocycles. The maximum Gasteiger partial charge on any atom is 0.241 e. The highest BCUT2D eigenvalue weighted by Crippen LogP contribution is 2.28. The Labute approximate surface area is 143 Å². The first-order chi connectivity index (χ1) is 10.4. The van der Waals surface area contributed by atoms with Gasteiger partial charge in [-0.25, -0.2) is 17.5 Å². The molecule has 0 heterocycles. The van der Waals surface area contributed by atoms with Crippen LogP contribution < -0.4 is 15.2 Å². The average molecular weight is 367 g/mol. The van der Waals surface area contributed by atoms with E-state index in [4.69, 9.17) is 10.5 Å². The van der Waals surface area contributed by atoms with Gasteiger partial charge in [0.2, 0.25) is 10.0 Å². The van der Waals surface area contributed by atoms with Gasteiger partial charge in [0.15, 0.2) is 11.6 Å². The number of rotatable bonds is 5. The van der Waals surface area contributed by atoms with Crippen LogP contribution in [-0.2, 0) is 10.0 Å². The molecule has 23 heavy (non-hydrogen) atoms. The van der Waals surface area contributed by atoms with Crippen LogP contribution in [0.25, 0.3) is 0 Å². The van der Waals surface area contributed by atoms with Crippen LogP contribution >= 0.6 is 12.4 Å². The molecule has 0 bridgehead atoms. The van der Waals surface area contributed by atoms with Crippen molar-refractivity contribution in [3.05, 3.63) is 23.5 Å². The van der Waals surface area contributed by atoms with Gasteiger partial charge in [-0.1, -0.05) is 12.8 Å². The van der Waals surface area contributed by atoms with Gasteiger partial charge in [-0.05, 0) is 44.4 Å².